The second kappa shape index (κ2) is 7.03. The molecule has 0 radical (unpaired) electrons. The molecule has 0 saturated carbocycles. The van der Waals surface area contributed by atoms with Gasteiger partial charge in [0.15, 0.2) is 5.75 Å². The molecule has 0 aromatic heterocycles. The lowest BCUT2D eigenvalue weighted by atomic mass is 10.1. The predicted octanol–water partition coefficient (Wildman–Crippen LogP) is 3.27. The molecule has 0 fully saturated rings. The Labute approximate surface area is 126 Å². The fraction of sp³-hybridized carbons (Fsp3) is 0.0625. The number of ether oxygens (including phenoxy) is 1. The first kappa shape index (κ1) is 15.2. The fourth-order valence-corrected chi connectivity index (χ4v) is 1.81. The molecule has 0 saturated heterocycles. The Bertz CT molecular complexity index is 710. The molecule has 0 aliphatic carbocycles. The molecule has 0 heterocycles. The number of nitrogens with zero attached hydrogens (tertiary/aromatic N) is 1. The van der Waals surface area contributed by atoms with Crippen LogP contribution in [0.1, 0.15) is 11.1 Å². The van der Waals surface area contributed by atoms with Crippen molar-refractivity contribution in [1.82, 2.24) is 0 Å². The molecule has 0 bridgehead atoms. The van der Waals surface area contributed by atoms with Gasteiger partial charge in [0.1, 0.15) is 6.61 Å². The molecule has 0 unspecified atom stereocenters. The highest BCUT2D eigenvalue weighted by molar-refractivity contribution is 5.85. The molecular formula is C16H13NO5. The third-order valence-corrected chi connectivity index (χ3v) is 2.84. The van der Waals surface area contributed by atoms with Crippen molar-refractivity contribution in [2.24, 2.45) is 0 Å². The fourth-order valence-electron chi connectivity index (χ4n) is 1.81. The zero-order valence-corrected chi connectivity index (χ0v) is 11.5. The molecule has 1 N–H and O–H groups in total. The number of nitro groups is 1. The smallest absolute Gasteiger partial charge is 0.328 e. The van der Waals surface area contributed by atoms with E-state index >= 15 is 0 Å². The number of rotatable bonds is 6. The molecular weight excluding hydrogens is 286 g/mol. The van der Waals surface area contributed by atoms with Crippen molar-refractivity contribution in [3.63, 3.8) is 0 Å². The van der Waals surface area contributed by atoms with Gasteiger partial charge in [0, 0.05) is 12.1 Å². The maximum atomic E-state index is 11.1. The summed E-state index contributed by atoms with van der Waals surface area (Å²) in [5.41, 5.74) is 1.11. The first-order valence-corrected chi connectivity index (χ1v) is 6.42. The van der Waals surface area contributed by atoms with Crippen LogP contribution in [-0.2, 0) is 11.4 Å². The summed E-state index contributed by atoms with van der Waals surface area (Å²) >= 11 is 0. The van der Waals surface area contributed by atoms with Crippen LogP contribution in [0.3, 0.4) is 0 Å². The third-order valence-electron chi connectivity index (χ3n) is 2.84. The minimum absolute atomic E-state index is 0.140. The molecule has 2 rings (SSSR count). The molecule has 2 aromatic rings. The summed E-state index contributed by atoms with van der Waals surface area (Å²) < 4.78 is 5.48. The van der Waals surface area contributed by atoms with E-state index in [9.17, 15) is 14.9 Å². The molecule has 0 spiro atoms. The second-order valence-corrected chi connectivity index (χ2v) is 4.43. The van der Waals surface area contributed by atoms with Gasteiger partial charge in [-0.2, -0.15) is 0 Å². The molecule has 0 amide bonds. The van der Waals surface area contributed by atoms with Crippen molar-refractivity contribution in [3.8, 4) is 5.75 Å². The van der Waals surface area contributed by atoms with E-state index in [4.69, 9.17) is 9.84 Å². The van der Waals surface area contributed by atoms with E-state index < -0.39 is 10.9 Å². The zero-order chi connectivity index (χ0) is 15.9. The zero-order valence-electron chi connectivity index (χ0n) is 11.5. The lowest BCUT2D eigenvalue weighted by Gasteiger charge is -2.07. The molecule has 2 aromatic carbocycles. The quantitative estimate of drug-likeness (QED) is 0.502. The van der Waals surface area contributed by atoms with Gasteiger partial charge in [-0.05, 0) is 23.3 Å². The summed E-state index contributed by atoms with van der Waals surface area (Å²) in [6.07, 6.45) is 2.21. The molecule has 112 valence electrons. The monoisotopic (exact) mass is 299 g/mol. The van der Waals surface area contributed by atoms with E-state index in [-0.39, 0.29) is 18.0 Å². The van der Waals surface area contributed by atoms with Gasteiger partial charge in [0.2, 0.25) is 0 Å². The number of carboxylic acid groups (broad SMARTS) is 1. The lowest BCUT2D eigenvalue weighted by molar-refractivity contribution is -0.386. The first-order valence-electron chi connectivity index (χ1n) is 6.42. The van der Waals surface area contributed by atoms with E-state index in [1.165, 1.54) is 18.2 Å². The maximum Gasteiger partial charge on any atom is 0.328 e. The van der Waals surface area contributed by atoms with E-state index in [0.29, 0.717) is 5.56 Å². The van der Waals surface area contributed by atoms with Crippen molar-refractivity contribution < 1.29 is 19.6 Å². The average molecular weight is 299 g/mol. The highest BCUT2D eigenvalue weighted by atomic mass is 16.6. The van der Waals surface area contributed by atoms with Crippen molar-refractivity contribution in [2.45, 2.75) is 6.61 Å². The molecule has 6 nitrogen and oxygen atoms in total. The highest BCUT2D eigenvalue weighted by Crippen LogP contribution is 2.29. The summed E-state index contributed by atoms with van der Waals surface area (Å²) in [5.74, 6) is -0.978. The van der Waals surface area contributed by atoms with Crippen molar-refractivity contribution in [3.05, 3.63) is 75.8 Å². The van der Waals surface area contributed by atoms with Crippen LogP contribution in [0.25, 0.3) is 6.08 Å². The number of benzene rings is 2. The number of aliphatic carboxylic acids is 1. The highest BCUT2D eigenvalue weighted by Gasteiger charge is 2.15. The van der Waals surface area contributed by atoms with E-state index in [0.717, 1.165) is 11.6 Å². The molecule has 6 heteroatoms. The Morgan fingerprint density at radius 3 is 2.59 bits per heavy atom. The predicted molar refractivity (Wildman–Crippen MR) is 80.5 cm³/mol. The average Bonchev–Trinajstić information content (AvgIpc) is 2.52. The Balaban J connectivity index is 2.20. The van der Waals surface area contributed by atoms with E-state index in [1.54, 1.807) is 6.07 Å². The van der Waals surface area contributed by atoms with Crippen molar-refractivity contribution >= 4 is 17.7 Å². The van der Waals surface area contributed by atoms with Crippen molar-refractivity contribution in [2.75, 3.05) is 0 Å². The molecule has 0 aliphatic heterocycles. The standard InChI is InChI=1S/C16H13NO5/c18-16(19)9-7-12-6-8-15(14(10-12)17(20)21)22-11-13-4-2-1-3-5-13/h1-10H,11H2,(H,18,19)/b9-7+. The largest absolute Gasteiger partial charge is 0.482 e. The van der Waals surface area contributed by atoms with Crippen LogP contribution in [0, 0.1) is 10.1 Å². The van der Waals surface area contributed by atoms with Crippen LogP contribution in [0.2, 0.25) is 0 Å². The minimum Gasteiger partial charge on any atom is -0.482 e. The molecule has 0 aliphatic rings. The Morgan fingerprint density at radius 1 is 1.23 bits per heavy atom. The Kier molecular flexibility index (Phi) is 4.87. The number of carbonyl (C=O) groups is 1. The summed E-state index contributed by atoms with van der Waals surface area (Å²) in [5, 5.41) is 19.7. The van der Waals surface area contributed by atoms with Gasteiger partial charge >= 0.3 is 11.7 Å². The van der Waals surface area contributed by atoms with E-state index in [2.05, 4.69) is 0 Å². The van der Waals surface area contributed by atoms with Gasteiger partial charge in [-0.25, -0.2) is 4.79 Å². The van der Waals surface area contributed by atoms with Crippen LogP contribution in [-0.4, -0.2) is 16.0 Å². The Hall–Kier alpha value is -3.15. The Morgan fingerprint density at radius 2 is 1.95 bits per heavy atom. The van der Waals surface area contributed by atoms with Gasteiger partial charge in [-0.3, -0.25) is 10.1 Å². The van der Waals surface area contributed by atoms with Crippen LogP contribution < -0.4 is 4.74 Å². The van der Waals surface area contributed by atoms with Gasteiger partial charge < -0.3 is 9.84 Å². The number of nitro benzene ring substituents is 1. The van der Waals surface area contributed by atoms with Gasteiger partial charge in [0.25, 0.3) is 0 Å². The van der Waals surface area contributed by atoms with Crippen LogP contribution in [0.5, 0.6) is 5.75 Å². The van der Waals surface area contributed by atoms with Gasteiger partial charge in [0.05, 0.1) is 4.92 Å². The van der Waals surface area contributed by atoms with Crippen molar-refractivity contribution in [1.29, 1.82) is 0 Å². The third kappa shape index (κ3) is 4.17. The van der Waals surface area contributed by atoms with E-state index in [1.807, 2.05) is 30.3 Å². The summed E-state index contributed by atoms with van der Waals surface area (Å²) in [6.45, 7) is 0.214. The molecule has 0 atom stereocenters. The van der Waals surface area contributed by atoms with Gasteiger partial charge in [-0.15, -0.1) is 0 Å². The summed E-state index contributed by atoms with van der Waals surface area (Å²) in [7, 11) is 0. The van der Waals surface area contributed by atoms with Crippen LogP contribution >= 0.6 is 0 Å². The minimum atomic E-state index is -1.12. The first-order chi connectivity index (χ1) is 10.6. The normalized spacial score (nSPS) is 10.5. The SMILES string of the molecule is O=C(O)/C=C/c1ccc(OCc2ccccc2)c([N+](=O)[O-])c1. The number of hydrogen-bond donors (Lipinski definition) is 1. The summed E-state index contributed by atoms with van der Waals surface area (Å²) in [6, 6.07) is 13.6. The second-order valence-electron chi connectivity index (χ2n) is 4.43. The van der Waals surface area contributed by atoms with Crippen LogP contribution in [0.15, 0.2) is 54.6 Å². The van der Waals surface area contributed by atoms with Crippen LogP contribution in [0.4, 0.5) is 5.69 Å². The lowest BCUT2D eigenvalue weighted by Crippen LogP contribution is -1.99. The summed E-state index contributed by atoms with van der Waals surface area (Å²) in [4.78, 5) is 21.0. The topological polar surface area (TPSA) is 89.7 Å². The number of carboxylic acids is 1. The molecule has 22 heavy (non-hydrogen) atoms. The number of hydrogen-bond acceptors (Lipinski definition) is 4. The maximum absolute atomic E-state index is 11.1. The van der Waals surface area contributed by atoms with Gasteiger partial charge in [-0.1, -0.05) is 36.4 Å².